The Bertz CT molecular complexity index is 324. The third kappa shape index (κ3) is 5.33. The van der Waals surface area contributed by atoms with Crippen LogP contribution in [-0.4, -0.2) is 18.0 Å². The van der Waals surface area contributed by atoms with Gasteiger partial charge in [-0.15, -0.1) is 11.3 Å². The van der Waals surface area contributed by atoms with E-state index in [0.29, 0.717) is 0 Å². The molecule has 0 radical (unpaired) electrons. The minimum atomic E-state index is -0.142. The minimum absolute atomic E-state index is 0.0857. The van der Waals surface area contributed by atoms with Gasteiger partial charge >= 0.3 is 0 Å². The zero-order valence-corrected chi connectivity index (χ0v) is 11.6. The molecule has 0 aliphatic carbocycles. The zero-order chi connectivity index (χ0) is 12.7. The van der Waals surface area contributed by atoms with Crippen LogP contribution in [0.25, 0.3) is 0 Å². The molecule has 0 saturated heterocycles. The van der Waals surface area contributed by atoms with Crippen molar-refractivity contribution in [3.8, 4) is 0 Å². The fourth-order valence-corrected chi connectivity index (χ4v) is 2.29. The van der Waals surface area contributed by atoms with Crippen LogP contribution in [0.1, 0.15) is 38.5 Å². The summed E-state index contributed by atoms with van der Waals surface area (Å²) in [5, 5.41) is 8.29. The van der Waals surface area contributed by atoms with E-state index in [1.807, 2.05) is 25.3 Å². The third-order valence-electron chi connectivity index (χ3n) is 2.67. The molecule has 1 rings (SSSR count). The smallest absolute Gasteiger partial charge is 0.237 e. The SMILES string of the molecule is CCCC(C)NC(=O)C(C)NCc1cccs1. The Labute approximate surface area is 108 Å². The summed E-state index contributed by atoms with van der Waals surface area (Å²) in [4.78, 5) is 13.1. The quantitative estimate of drug-likeness (QED) is 0.785. The molecule has 96 valence electrons. The number of hydrogen-bond donors (Lipinski definition) is 2. The van der Waals surface area contributed by atoms with Crippen molar-refractivity contribution < 1.29 is 4.79 Å². The maximum absolute atomic E-state index is 11.8. The summed E-state index contributed by atoms with van der Waals surface area (Å²) in [7, 11) is 0. The van der Waals surface area contributed by atoms with E-state index in [1.165, 1.54) is 4.88 Å². The average Bonchev–Trinajstić information content (AvgIpc) is 2.78. The maximum Gasteiger partial charge on any atom is 0.237 e. The van der Waals surface area contributed by atoms with Crippen molar-refractivity contribution in [3.63, 3.8) is 0 Å². The highest BCUT2D eigenvalue weighted by molar-refractivity contribution is 7.09. The van der Waals surface area contributed by atoms with Gasteiger partial charge in [-0.3, -0.25) is 4.79 Å². The van der Waals surface area contributed by atoms with Gasteiger partial charge in [-0.25, -0.2) is 0 Å². The van der Waals surface area contributed by atoms with E-state index in [1.54, 1.807) is 11.3 Å². The lowest BCUT2D eigenvalue weighted by molar-refractivity contribution is -0.123. The largest absolute Gasteiger partial charge is 0.352 e. The van der Waals surface area contributed by atoms with Crippen LogP contribution in [-0.2, 0) is 11.3 Å². The zero-order valence-electron chi connectivity index (χ0n) is 10.8. The topological polar surface area (TPSA) is 41.1 Å². The lowest BCUT2D eigenvalue weighted by Gasteiger charge is -2.17. The Morgan fingerprint density at radius 3 is 2.82 bits per heavy atom. The molecular weight excluding hydrogens is 232 g/mol. The first-order chi connectivity index (χ1) is 8.13. The van der Waals surface area contributed by atoms with Crippen molar-refractivity contribution in [2.45, 2.75) is 52.2 Å². The van der Waals surface area contributed by atoms with E-state index in [-0.39, 0.29) is 18.0 Å². The molecule has 4 heteroatoms. The minimum Gasteiger partial charge on any atom is -0.352 e. The van der Waals surface area contributed by atoms with Crippen LogP contribution in [0.4, 0.5) is 0 Å². The molecule has 1 amide bonds. The van der Waals surface area contributed by atoms with E-state index >= 15 is 0 Å². The van der Waals surface area contributed by atoms with Crippen LogP contribution >= 0.6 is 11.3 Å². The first-order valence-electron chi connectivity index (χ1n) is 6.19. The van der Waals surface area contributed by atoms with Gasteiger partial charge in [0.05, 0.1) is 6.04 Å². The van der Waals surface area contributed by atoms with Crippen LogP contribution in [0.3, 0.4) is 0 Å². The first kappa shape index (κ1) is 14.2. The van der Waals surface area contributed by atoms with Crippen molar-refractivity contribution in [1.29, 1.82) is 0 Å². The predicted octanol–water partition coefficient (Wildman–Crippen LogP) is 2.53. The summed E-state index contributed by atoms with van der Waals surface area (Å²) >= 11 is 1.70. The van der Waals surface area contributed by atoms with Gasteiger partial charge in [0.1, 0.15) is 0 Å². The second-order valence-electron chi connectivity index (χ2n) is 4.38. The Balaban J connectivity index is 2.26. The van der Waals surface area contributed by atoms with Crippen molar-refractivity contribution in [3.05, 3.63) is 22.4 Å². The molecule has 0 saturated carbocycles. The van der Waals surface area contributed by atoms with Crippen LogP contribution < -0.4 is 10.6 Å². The van der Waals surface area contributed by atoms with Crippen molar-refractivity contribution in [2.24, 2.45) is 0 Å². The molecule has 0 aromatic carbocycles. The first-order valence-corrected chi connectivity index (χ1v) is 7.07. The van der Waals surface area contributed by atoms with Gasteiger partial charge in [-0.1, -0.05) is 19.4 Å². The number of nitrogens with one attached hydrogen (secondary N) is 2. The van der Waals surface area contributed by atoms with Crippen LogP contribution in [0.2, 0.25) is 0 Å². The van der Waals surface area contributed by atoms with Gasteiger partial charge in [-0.2, -0.15) is 0 Å². The molecule has 1 heterocycles. The second kappa shape index (κ2) is 7.45. The molecule has 0 spiro atoms. The van der Waals surface area contributed by atoms with Gasteiger partial charge in [0.15, 0.2) is 0 Å². The van der Waals surface area contributed by atoms with Gasteiger partial charge in [0, 0.05) is 17.5 Å². The Morgan fingerprint density at radius 2 is 2.24 bits per heavy atom. The summed E-state index contributed by atoms with van der Waals surface area (Å²) in [5.74, 6) is 0.0857. The molecule has 0 fully saturated rings. The summed E-state index contributed by atoms with van der Waals surface area (Å²) in [6.07, 6.45) is 2.13. The number of amides is 1. The normalized spacial score (nSPS) is 14.3. The lowest BCUT2D eigenvalue weighted by Crippen LogP contribution is -2.45. The van der Waals surface area contributed by atoms with Gasteiger partial charge in [0.25, 0.3) is 0 Å². The Hall–Kier alpha value is -0.870. The highest BCUT2D eigenvalue weighted by Gasteiger charge is 2.14. The second-order valence-corrected chi connectivity index (χ2v) is 5.41. The molecule has 0 aliphatic rings. The van der Waals surface area contributed by atoms with E-state index in [2.05, 4.69) is 23.6 Å². The van der Waals surface area contributed by atoms with E-state index in [0.717, 1.165) is 19.4 Å². The molecule has 2 N–H and O–H groups in total. The Morgan fingerprint density at radius 1 is 1.47 bits per heavy atom. The number of hydrogen-bond acceptors (Lipinski definition) is 3. The average molecular weight is 254 g/mol. The van der Waals surface area contributed by atoms with Crippen LogP contribution in [0.5, 0.6) is 0 Å². The van der Waals surface area contributed by atoms with E-state index < -0.39 is 0 Å². The molecule has 0 aliphatic heterocycles. The Kier molecular flexibility index (Phi) is 6.22. The molecule has 0 bridgehead atoms. The van der Waals surface area contributed by atoms with Crippen molar-refractivity contribution in [2.75, 3.05) is 0 Å². The number of thiophene rings is 1. The molecular formula is C13H22N2OS. The number of carbonyl (C=O) groups is 1. The monoisotopic (exact) mass is 254 g/mol. The fourth-order valence-electron chi connectivity index (χ4n) is 1.63. The molecule has 1 aromatic rings. The predicted molar refractivity (Wildman–Crippen MR) is 73.1 cm³/mol. The lowest BCUT2D eigenvalue weighted by atomic mass is 10.2. The summed E-state index contributed by atoms with van der Waals surface area (Å²) < 4.78 is 0. The van der Waals surface area contributed by atoms with E-state index in [4.69, 9.17) is 0 Å². The van der Waals surface area contributed by atoms with Gasteiger partial charge in [0.2, 0.25) is 5.91 Å². The van der Waals surface area contributed by atoms with Crippen LogP contribution in [0, 0.1) is 0 Å². The highest BCUT2D eigenvalue weighted by Crippen LogP contribution is 2.07. The summed E-state index contributed by atoms with van der Waals surface area (Å²) in [5.41, 5.74) is 0. The molecule has 17 heavy (non-hydrogen) atoms. The van der Waals surface area contributed by atoms with Crippen LogP contribution in [0.15, 0.2) is 17.5 Å². The van der Waals surface area contributed by atoms with E-state index in [9.17, 15) is 4.79 Å². The highest BCUT2D eigenvalue weighted by atomic mass is 32.1. The van der Waals surface area contributed by atoms with Crippen molar-refractivity contribution in [1.82, 2.24) is 10.6 Å². The molecule has 1 aromatic heterocycles. The summed E-state index contributed by atoms with van der Waals surface area (Å²) in [6.45, 7) is 6.84. The van der Waals surface area contributed by atoms with Gasteiger partial charge < -0.3 is 10.6 Å². The molecule has 3 nitrogen and oxygen atoms in total. The summed E-state index contributed by atoms with van der Waals surface area (Å²) in [6, 6.07) is 4.22. The van der Waals surface area contributed by atoms with Gasteiger partial charge in [-0.05, 0) is 31.7 Å². The standard InChI is InChI=1S/C13H22N2OS/c1-4-6-10(2)15-13(16)11(3)14-9-12-7-5-8-17-12/h5,7-8,10-11,14H,4,6,9H2,1-3H3,(H,15,16). The fraction of sp³-hybridized carbons (Fsp3) is 0.615. The number of rotatable bonds is 7. The van der Waals surface area contributed by atoms with Crippen molar-refractivity contribution >= 4 is 17.2 Å². The maximum atomic E-state index is 11.8. The number of carbonyl (C=O) groups excluding carboxylic acids is 1. The third-order valence-corrected chi connectivity index (χ3v) is 3.54. The molecule has 2 unspecified atom stereocenters. The molecule has 2 atom stereocenters.